The minimum atomic E-state index is 0.723. The van der Waals surface area contributed by atoms with E-state index in [1.165, 1.54) is 16.5 Å². The minimum absolute atomic E-state index is 0.723. The maximum atomic E-state index is 5.68. The molecule has 0 aliphatic carbocycles. The molecule has 0 fully saturated rings. The topological polar surface area (TPSA) is 15.8 Å². The molecule has 0 spiro atoms. The van der Waals surface area contributed by atoms with Crippen LogP contribution in [0.1, 0.15) is 12.0 Å². The Hall–Kier alpha value is -0.470. The second-order valence-electron chi connectivity index (χ2n) is 3.30. The van der Waals surface area contributed by atoms with Crippen LogP contribution < -0.4 is 0 Å². The summed E-state index contributed by atoms with van der Waals surface area (Å²) in [7, 11) is 0. The first-order chi connectivity index (χ1) is 6.81. The largest absolute Gasteiger partial charge is 0.361 e. The van der Waals surface area contributed by atoms with E-state index in [0.29, 0.717) is 0 Å². The first kappa shape index (κ1) is 10.1. The summed E-state index contributed by atoms with van der Waals surface area (Å²) in [5.74, 6) is 0.723. The van der Waals surface area contributed by atoms with Gasteiger partial charge < -0.3 is 4.98 Å². The van der Waals surface area contributed by atoms with Crippen molar-refractivity contribution in [3.8, 4) is 0 Å². The zero-order valence-corrected chi connectivity index (χ0v) is 10.0. The SMILES string of the molecule is ClCCCc1c[nH]c2ccc(Br)cc12. The third-order valence-electron chi connectivity index (χ3n) is 2.31. The summed E-state index contributed by atoms with van der Waals surface area (Å²) in [6, 6.07) is 6.28. The molecule has 0 aliphatic heterocycles. The Labute approximate surface area is 96.6 Å². The molecule has 74 valence electrons. The van der Waals surface area contributed by atoms with Gasteiger partial charge in [-0.1, -0.05) is 15.9 Å². The molecule has 0 bridgehead atoms. The van der Waals surface area contributed by atoms with E-state index in [2.05, 4.69) is 39.2 Å². The number of alkyl halides is 1. The molecule has 1 aromatic carbocycles. The monoisotopic (exact) mass is 271 g/mol. The van der Waals surface area contributed by atoms with Gasteiger partial charge in [0.15, 0.2) is 0 Å². The molecule has 0 saturated heterocycles. The Balaban J connectivity index is 2.40. The normalized spacial score (nSPS) is 11.0. The van der Waals surface area contributed by atoms with Crippen LogP contribution in [0.3, 0.4) is 0 Å². The average molecular weight is 273 g/mol. The fourth-order valence-corrected chi connectivity index (χ4v) is 2.11. The second-order valence-corrected chi connectivity index (χ2v) is 4.59. The van der Waals surface area contributed by atoms with Crippen LogP contribution in [0.2, 0.25) is 0 Å². The molecule has 0 radical (unpaired) electrons. The van der Waals surface area contributed by atoms with Crippen LogP contribution in [-0.2, 0) is 6.42 Å². The van der Waals surface area contributed by atoms with Crippen molar-refractivity contribution in [1.82, 2.24) is 4.98 Å². The number of H-pyrrole nitrogens is 1. The van der Waals surface area contributed by atoms with Gasteiger partial charge in [0.2, 0.25) is 0 Å². The molecular formula is C11H11BrClN. The van der Waals surface area contributed by atoms with E-state index >= 15 is 0 Å². The van der Waals surface area contributed by atoms with Gasteiger partial charge in [-0.25, -0.2) is 0 Å². The maximum Gasteiger partial charge on any atom is 0.0457 e. The predicted octanol–water partition coefficient (Wildman–Crippen LogP) is 4.10. The van der Waals surface area contributed by atoms with Gasteiger partial charge in [0.25, 0.3) is 0 Å². The highest BCUT2D eigenvalue weighted by atomic mass is 79.9. The van der Waals surface area contributed by atoms with E-state index in [9.17, 15) is 0 Å². The van der Waals surface area contributed by atoms with E-state index in [-0.39, 0.29) is 0 Å². The number of halogens is 2. The molecule has 2 rings (SSSR count). The molecule has 0 atom stereocenters. The molecule has 3 heteroatoms. The third kappa shape index (κ3) is 1.96. The van der Waals surface area contributed by atoms with E-state index in [0.717, 1.165) is 23.2 Å². The van der Waals surface area contributed by atoms with Gasteiger partial charge in [0.05, 0.1) is 0 Å². The molecule has 0 saturated carbocycles. The van der Waals surface area contributed by atoms with E-state index in [4.69, 9.17) is 11.6 Å². The number of nitrogens with one attached hydrogen (secondary N) is 1. The van der Waals surface area contributed by atoms with Gasteiger partial charge in [-0.2, -0.15) is 0 Å². The maximum absolute atomic E-state index is 5.68. The Morgan fingerprint density at radius 3 is 3.00 bits per heavy atom. The molecular weight excluding hydrogens is 261 g/mol. The van der Waals surface area contributed by atoms with E-state index < -0.39 is 0 Å². The Bertz CT molecular complexity index is 436. The Morgan fingerprint density at radius 1 is 1.36 bits per heavy atom. The van der Waals surface area contributed by atoms with Gasteiger partial charge in [-0.05, 0) is 36.6 Å². The van der Waals surface area contributed by atoms with Crippen LogP contribution >= 0.6 is 27.5 Å². The van der Waals surface area contributed by atoms with E-state index in [1.54, 1.807) is 0 Å². The van der Waals surface area contributed by atoms with Gasteiger partial charge in [-0.3, -0.25) is 0 Å². The lowest BCUT2D eigenvalue weighted by molar-refractivity contribution is 0.936. The highest BCUT2D eigenvalue weighted by Gasteiger charge is 2.03. The zero-order chi connectivity index (χ0) is 9.97. The van der Waals surface area contributed by atoms with Crippen molar-refractivity contribution in [2.24, 2.45) is 0 Å². The minimum Gasteiger partial charge on any atom is -0.361 e. The van der Waals surface area contributed by atoms with Crippen LogP contribution in [0.4, 0.5) is 0 Å². The standard InChI is InChI=1S/C11H11BrClN/c12-9-3-4-11-10(6-9)8(7-14-11)2-1-5-13/h3-4,6-7,14H,1-2,5H2. The summed E-state index contributed by atoms with van der Waals surface area (Å²) in [6.45, 7) is 0. The zero-order valence-electron chi connectivity index (χ0n) is 7.69. The molecule has 0 unspecified atom stereocenters. The summed E-state index contributed by atoms with van der Waals surface area (Å²) < 4.78 is 1.12. The third-order valence-corrected chi connectivity index (χ3v) is 3.07. The fraction of sp³-hybridized carbons (Fsp3) is 0.273. The molecule has 0 aliphatic rings. The number of fused-ring (bicyclic) bond motifs is 1. The number of benzene rings is 1. The van der Waals surface area contributed by atoms with Crippen molar-refractivity contribution >= 4 is 38.4 Å². The van der Waals surface area contributed by atoms with Gasteiger partial charge in [-0.15, -0.1) is 11.6 Å². The number of aryl methyl sites for hydroxylation is 1. The van der Waals surface area contributed by atoms with Gasteiger partial charge in [0.1, 0.15) is 0 Å². The predicted molar refractivity (Wildman–Crippen MR) is 65.0 cm³/mol. The number of rotatable bonds is 3. The first-order valence-electron chi connectivity index (χ1n) is 4.63. The molecule has 2 aromatic rings. The van der Waals surface area contributed by atoms with Crippen molar-refractivity contribution in [3.63, 3.8) is 0 Å². The van der Waals surface area contributed by atoms with Crippen molar-refractivity contribution in [2.75, 3.05) is 5.88 Å². The Kier molecular flexibility index (Phi) is 3.14. The van der Waals surface area contributed by atoms with Crippen LogP contribution in [0.25, 0.3) is 10.9 Å². The van der Waals surface area contributed by atoms with Crippen molar-refractivity contribution in [2.45, 2.75) is 12.8 Å². The average Bonchev–Trinajstić information content (AvgIpc) is 2.57. The second kappa shape index (κ2) is 4.37. The summed E-state index contributed by atoms with van der Waals surface area (Å²) in [5.41, 5.74) is 2.54. The van der Waals surface area contributed by atoms with Crippen molar-refractivity contribution in [3.05, 3.63) is 34.4 Å². The lowest BCUT2D eigenvalue weighted by Gasteiger charge is -1.97. The number of hydrogen-bond donors (Lipinski definition) is 1. The smallest absolute Gasteiger partial charge is 0.0457 e. The van der Waals surface area contributed by atoms with Crippen LogP contribution in [0.15, 0.2) is 28.9 Å². The van der Waals surface area contributed by atoms with Crippen molar-refractivity contribution < 1.29 is 0 Å². The highest BCUT2D eigenvalue weighted by Crippen LogP contribution is 2.23. The molecule has 1 nitrogen and oxygen atoms in total. The van der Waals surface area contributed by atoms with Gasteiger partial charge >= 0.3 is 0 Å². The summed E-state index contributed by atoms with van der Waals surface area (Å²) >= 11 is 9.16. The van der Waals surface area contributed by atoms with Gasteiger partial charge in [0, 0.05) is 27.5 Å². The first-order valence-corrected chi connectivity index (χ1v) is 5.95. The molecule has 1 aromatic heterocycles. The summed E-state index contributed by atoms with van der Waals surface area (Å²) in [5, 5.41) is 1.30. The number of aromatic nitrogens is 1. The van der Waals surface area contributed by atoms with E-state index in [1.807, 2.05) is 6.07 Å². The molecule has 1 heterocycles. The van der Waals surface area contributed by atoms with Crippen molar-refractivity contribution in [1.29, 1.82) is 0 Å². The van der Waals surface area contributed by atoms with Crippen LogP contribution in [0.5, 0.6) is 0 Å². The summed E-state index contributed by atoms with van der Waals surface area (Å²) in [6.07, 6.45) is 4.14. The van der Waals surface area contributed by atoms with Crippen LogP contribution in [-0.4, -0.2) is 10.9 Å². The quantitative estimate of drug-likeness (QED) is 0.810. The summed E-state index contributed by atoms with van der Waals surface area (Å²) in [4.78, 5) is 3.26. The number of hydrogen-bond acceptors (Lipinski definition) is 0. The lowest BCUT2D eigenvalue weighted by Crippen LogP contribution is -1.83. The number of aromatic amines is 1. The highest BCUT2D eigenvalue weighted by molar-refractivity contribution is 9.10. The molecule has 14 heavy (non-hydrogen) atoms. The lowest BCUT2D eigenvalue weighted by atomic mass is 10.1. The Morgan fingerprint density at radius 2 is 2.21 bits per heavy atom. The molecule has 1 N–H and O–H groups in total. The fourth-order valence-electron chi connectivity index (χ4n) is 1.61. The molecule has 0 amide bonds. The van der Waals surface area contributed by atoms with Crippen LogP contribution in [0, 0.1) is 0 Å².